The molecule has 0 atom stereocenters. The number of para-hydroxylation sites is 1. The molecule has 1 saturated carbocycles. The number of hydrogen-bond acceptors (Lipinski definition) is 3. The number of benzene rings is 1. The van der Waals surface area contributed by atoms with Crippen LogP contribution in [0.25, 0.3) is 10.9 Å². The first-order chi connectivity index (χ1) is 12.7. The molecule has 1 aliphatic carbocycles. The zero-order chi connectivity index (χ0) is 17.9. The van der Waals surface area contributed by atoms with Gasteiger partial charge in [0.2, 0.25) is 5.91 Å². The van der Waals surface area contributed by atoms with Gasteiger partial charge >= 0.3 is 0 Å². The van der Waals surface area contributed by atoms with E-state index in [1.54, 1.807) is 0 Å². The highest BCUT2D eigenvalue weighted by Gasteiger charge is 2.26. The summed E-state index contributed by atoms with van der Waals surface area (Å²) in [6.07, 6.45) is 7.92. The number of aromatic nitrogens is 1. The first kappa shape index (κ1) is 17.3. The van der Waals surface area contributed by atoms with Crippen molar-refractivity contribution in [1.82, 2.24) is 10.3 Å². The van der Waals surface area contributed by atoms with Crippen LogP contribution in [0.4, 0.5) is 5.69 Å². The van der Waals surface area contributed by atoms with Crippen LogP contribution in [0.5, 0.6) is 0 Å². The van der Waals surface area contributed by atoms with E-state index in [2.05, 4.69) is 46.4 Å². The molecule has 4 heteroatoms. The zero-order valence-corrected chi connectivity index (χ0v) is 15.7. The second-order valence-electron chi connectivity index (χ2n) is 7.90. The maximum atomic E-state index is 12.5. The Labute approximate surface area is 156 Å². The maximum Gasteiger partial charge on any atom is 0.223 e. The minimum atomic E-state index is 0.258. The number of fused-ring (bicyclic) bond motifs is 1. The normalized spacial score (nSPS) is 19.7. The topological polar surface area (TPSA) is 45.2 Å². The molecular weight excluding hydrogens is 322 g/mol. The van der Waals surface area contributed by atoms with Gasteiger partial charge in [-0.3, -0.25) is 9.78 Å². The van der Waals surface area contributed by atoms with Crippen molar-refractivity contribution in [2.75, 3.05) is 18.0 Å². The van der Waals surface area contributed by atoms with Crippen LogP contribution in [0.15, 0.2) is 30.3 Å². The molecule has 1 saturated heterocycles. The third-order valence-corrected chi connectivity index (χ3v) is 5.98. The highest BCUT2D eigenvalue weighted by molar-refractivity contribution is 5.92. The fourth-order valence-corrected chi connectivity index (χ4v) is 4.50. The van der Waals surface area contributed by atoms with Crippen molar-refractivity contribution in [3.63, 3.8) is 0 Å². The lowest BCUT2D eigenvalue weighted by molar-refractivity contribution is -0.126. The lowest BCUT2D eigenvalue weighted by Gasteiger charge is -2.35. The van der Waals surface area contributed by atoms with E-state index in [4.69, 9.17) is 0 Å². The smallest absolute Gasteiger partial charge is 0.223 e. The molecule has 2 aliphatic rings. The number of carbonyl (C=O) groups excluding carboxylic acids is 1. The van der Waals surface area contributed by atoms with Crippen molar-refractivity contribution >= 4 is 22.5 Å². The number of hydrogen-bond donors (Lipinski definition) is 1. The minimum absolute atomic E-state index is 0.258. The largest absolute Gasteiger partial charge is 0.371 e. The molecule has 26 heavy (non-hydrogen) atoms. The van der Waals surface area contributed by atoms with Gasteiger partial charge < -0.3 is 10.2 Å². The molecule has 1 aliphatic heterocycles. The van der Waals surface area contributed by atoms with Crippen LogP contribution in [0.3, 0.4) is 0 Å². The summed E-state index contributed by atoms with van der Waals surface area (Å²) in [5, 5.41) is 4.56. The Kier molecular flexibility index (Phi) is 5.09. The molecule has 1 N–H and O–H groups in total. The molecule has 0 radical (unpaired) electrons. The highest BCUT2D eigenvalue weighted by atomic mass is 16.1. The first-order valence-corrected chi connectivity index (χ1v) is 10.1. The van der Waals surface area contributed by atoms with E-state index in [1.165, 1.54) is 30.3 Å². The van der Waals surface area contributed by atoms with E-state index in [1.807, 2.05) is 6.07 Å². The average Bonchev–Trinajstić information content (AvgIpc) is 2.68. The number of carbonyl (C=O) groups is 1. The number of aryl methyl sites for hydroxylation is 1. The lowest BCUT2D eigenvalue weighted by atomic mass is 9.88. The number of pyridine rings is 1. The fourth-order valence-electron chi connectivity index (χ4n) is 4.50. The molecule has 138 valence electrons. The number of piperidine rings is 1. The van der Waals surface area contributed by atoms with Crippen LogP contribution in [-0.2, 0) is 4.79 Å². The number of anilines is 1. The van der Waals surface area contributed by atoms with E-state index in [0.29, 0.717) is 11.9 Å². The summed E-state index contributed by atoms with van der Waals surface area (Å²) in [6, 6.07) is 10.9. The fraction of sp³-hybridized carbons (Fsp3) is 0.545. The molecular formula is C22H29N3O. The van der Waals surface area contributed by atoms with Crippen molar-refractivity contribution in [2.24, 2.45) is 5.92 Å². The van der Waals surface area contributed by atoms with E-state index < -0.39 is 0 Å². The van der Waals surface area contributed by atoms with Gasteiger partial charge in [0, 0.05) is 41.8 Å². The Morgan fingerprint density at radius 3 is 2.58 bits per heavy atom. The van der Waals surface area contributed by atoms with Crippen LogP contribution in [-0.4, -0.2) is 30.0 Å². The molecule has 4 nitrogen and oxygen atoms in total. The van der Waals surface area contributed by atoms with Crippen LogP contribution in [0.2, 0.25) is 0 Å². The van der Waals surface area contributed by atoms with Gasteiger partial charge in [0.05, 0.1) is 5.52 Å². The molecule has 0 bridgehead atoms. The van der Waals surface area contributed by atoms with Crippen LogP contribution >= 0.6 is 0 Å². The number of amides is 1. The average molecular weight is 351 g/mol. The molecule has 2 fully saturated rings. The van der Waals surface area contributed by atoms with Crippen LogP contribution in [0.1, 0.15) is 50.6 Å². The molecule has 0 unspecified atom stereocenters. The molecule has 1 aromatic heterocycles. The Morgan fingerprint density at radius 1 is 1.08 bits per heavy atom. The second-order valence-corrected chi connectivity index (χ2v) is 7.90. The summed E-state index contributed by atoms with van der Waals surface area (Å²) in [5.41, 5.74) is 3.41. The molecule has 2 aromatic rings. The van der Waals surface area contributed by atoms with Gasteiger partial charge in [0.15, 0.2) is 0 Å². The van der Waals surface area contributed by atoms with Crippen molar-refractivity contribution in [2.45, 2.75) is 57.9 Å². The Balaban J connectivity index is 1.40. The summed E-state index contributed by atoms with van der Waals surface area (Å²) in [6.45, 7) is 4.04. The summed E-state index contributed by atoms with van der Waals surface area (Å²) < 4.78 is 0. The summed E-state index contributed by atoms with van der Waals surface area (Å²) >= 11 is 0. The monoisotopic (exact) mass is 351 g/mol. The van der Waals surface area contributed by atoms with Gasteiger partial charge in [-0.2, -0.15) is 0 Å². The van der Waals surface area contributed by atoms with Crippen LogP contribution < -0.4 is 10.2 Å². The molecule has 2 heterocycles. The zero-order valence-electron chi connectivity index (χ0n) is 15.7. The summed E-state index contributed by atoms with van der Waals surface area (Å²) in [4.78, 5) is 19.6. The number of rotatable bonds is 3. The maximum absolute atomic E-state index is 12.5. The van der Waals surface area contributed by atoms with Gasteiger partial charge in [-0.15, -0.1) is 0 Å². The molecule has 0 spiro atoms. The Morgan fingerprint density at radius 2 is 1.81 bits per heavy atom. The van der Waals surface area contributed by atoms with E-state index >= 15 is 0 Å². The number of nitrogens with one attached hydrogen (secondary N) is 1. The molecule has 1 aromatic carbocycles. The van der Waals surface area contributed by atoms with E-state index in [9.17, 15) is 4.79 Å². The summed E-state index contributed by atoms with van der Waals surface area (Å²) in [5.74, 6) is 0.557. The van der Waals surface area contributed by atoms with Gasteiger partial charge in [-0.1, -0.05) is 37.5 Å². The van der Waals surface area contributed by atoms with E-state index in [-0.39, 0.29) is 5.92 Å². The van der Waals surface area contributed by atoms with Crippen molar-refractivity contribution < 1.29 is 4.79 Å². The summed E-state index contributed by atoms with van der Waals surface area (Å²) in [7, 11) is 0. The first-order valence-electron chi connectivity index (χ1n) is 10.1. The predicted octanol–water partition coefficient (Wildman–Crippen LogP) is 4.21. The van der Waals surface area contributed by atoms with Gasteiger partial charge in [-0.25, -0.2) is 0 Å². The molecule has 4 rings (SSSR count). The second kappa shape index (κ2) is 7.65. The van der Waals surface area contributed by atoms with E-state index in [0.717, 1.165) is 50.0 Å². The third kappa shape index (κ3) is 3.69. The van der Waals surface area contributed by atoms with Gasteiger partial charge in [0.1, 0.15) is 0 Å². The van der Waals surface area contributed by atoms with Gasteiger partial charge in [-0.05, 0) is 44.7 Å². The predicted molar refractivity (Wildman–Crippen MR) is 106 cm³/mol. The molecule has 1 amide bonds. The van der Waals surface area contributed by atoms with Crippen molar-refractivity contribution in [1.29, 1.82) is 0 Å². The quantitative estimate of drug-likeness (QED) is 0.901. The number of nitrogens with zero attached hydrogens (tertiary/aromatic N) is 2. The third-order valence-electron chi connectivity index (χ3n) is 5.98. The highest BCUT2D eigenvalue weighted by Crippen LogP contribution is 2.29. The minimum Gasteiger partial charge on any atom is -0.371 e. The Hall–Kier alpha value is -2.10. The van der Waals surface area contributed by atoms with Crippen molar-refractivity contribution in [3.8, 4) is 0 Å². The van der Waals surface area contributed by atoms with Crippen molar-refractivity contribution in [3.05, 3.63) is 36.0 Å². The lowest BCUT2D eigenvalue weighted by Crippen LogP contribution is -2.46. The SMILES string of the molecule is Cc1cc(N2CCC(NC(=O)C3CCCCC3)CC2)c2ccccc2n1. The van der Waals surface area contributed by atoms with Crippen LogP contribution in [0, 0.1) is 12.8 Å². The Bertz CT molecular complexity index is 774. The van der Waals surface area contributed by atoms with Gasteiger partial charge in [0.25, 0.3) is 0 Å². The standard InChI is InChI=1S/C22H29N3O/c1-16-15-21(19-9-5-6-10-20(19)23-16)25-13-11-18(12-14-25)24-22(26)17-7-3-2-4-8-17/h5-6,9-10,15,17-18H,2-4,7-8,11-14H2,1H3,(H,24,26).